The summed E-state index contributed by atoms with van der Waals surface area (Å²) in [5.74, 6) is 0.00256. The number of nitrogens with one attached hydrogen (secondary N) is 1. The smallest absolute Gasteiger partial charge is 0.243 e. The summed E-state index contributed by atoms with van der Waals surface area (Å²) in [6.45, 7) is 8.64. The molecule has 1 rings (SSSR count). The van der Waals surface area contributed by atoms with Crippen LogP contribution in [0, 0.1) is 0 Å². The summed E-state index contributed by atoms with van der Waals surface area (Å²) in [7, 11) is 0. The van der Waals surface area contributed by atoms with Crippen molar-refractivity contribution in [2.75, 3.05) is 24.5 Å². The van der Waals surface area contributed by atoms with Crippen molar-refractivity contribution in [3.8, 4) is 0 Å². The average Bonchev–Trinajstić information content (AvgIpc) is 2.39. The Labute approximate surface area is 116 Å². The average molecular weight is 260 g/mol. The number of rotatable bonds is 7. The third kappa shape index (κ3) is 6.09. The maximum absolute atomic E-state index is 11.4. The standard InChI is InChI=1S/C16H24N2O/c1-4-18(15-9-6-5-7-10-15)12-8-11-17-16(19)13-14(2)3/h5-7,9-10,13H,4,8,11-12H2,1-3H3,(H,17,19). The second kappa shape index (κ2) is 8.35. The summed E-state index contributed by atoms with van der Waals surface area (Å²) in [5, 5.41) is 2.90. The second-order valence-corrected chi connectivity index (χ2v) is 4.78. The molecule has 1 aromatic carbocycles. The molecule has 0 spiro atoms. The minimum Gasteiger partial charge on any atom is -0.372 e. The maximum atomic E-state index is 11.4. The SMILES string of the molecule is CCN(CCCNC(=O)C=C(C)C)c1ccccc1. The van der Waals surface area contributed by atoms with Crippen LogP contribution in [0.1, 0.15) is 27.2 Å². The number of allylic oxidation sites excluding steroid dienone is 1. The predicted octanol–water partition coefficient (Wildman–Crippen LogP) is 2.99. The van der Waals surface area contributed by atoms with Crippen LogP contribution in [-0.2, 0) is 4.79 Å². The Morgan fingerprint density at radius 1 is 1.26 bits per heavy atom. The van der Waals surface area contributed by atoms with Gasteiger partial charge in [0.2, 0.25) is 5.91 Å². The molecule has 0 bridgehead atoms. The summed E-state index contributed by atoms with van der Waals surface area (Å²) in [4.78, 5) is 13.7. The first kappa shape index (κ1) is 15.3. The lowest BCUT2D eigenvalue weighted by molar-refractivity contribution is -0.116. The van der Waals surface area contributed by atoms with Gasteiger partial charge in [-0.3, -0.25) is 4.79 Å². The highest BCUT2D eigenvalue weighted by Crippen LogP contribution is 2.12. The number of hydrogen-bond donors (Lipinski definition) is 1. The van der Waals surface area contributed by atoms with E-state index in [1.54, 1.807) is 6.08 Å². The molecule has 1 amide bonds. The van der Waals surface area contributed by atoms with Gasteiger partial charge in [-0.05, 0) is 39.3 Å². The van der Waals surface area contributed by atoms with Crippen LogP contribution in [0.4, 0.5) is 5.69 Å². The van der Waals surface area contributed by atoms with Gasteiger partial charge in [0.25, 0.3) is 0 Å². The summed E-state index contributed by atoms with van der Waals surface area (Å²) in [6.07, 6.45) is 2.58. The quantitative estimate of drug-likeness (QED) is 0.604. The molecule has 0 saturated heterocycles. The van der Waals surface area contributed by atoms with Crippen LogP contribution in [0.25, 0.3) is 0 Å². The van der Waals surface area contributed by atoms with E-state index in [0.717, 1.165) is 25.1 Å². The number of carbonyl (C=O) groups is 1. The van der Waals surface area contributed by atoms with Crippen molar-refractivity contribution in [1.29, 1.82) is 0 Å². The van der Waals surface area contributed by atoms with Gasteiger partial charge in [-0.15, -0.1) is 0 Å². The molecule has 1 N–H and O–H groups in total. The molecule has 0 heterocycles. The Bertz CT molecular complexity index is 408. The van der Waals surface area contributed by atoms with Crippen molar-refractivity contribution in [2.24, 2.45) is 0 Å². The molecule has 0 aliphatic heterocycles. The first-order chi connectivity index (χ1) is 9.13. The van der Waals surface area contributed by atoms with E-state index in [-0.39, 0.29) is 5.91 Å². The number of carbonyl (C=O) groups excluding carboxylic acids is 1. The van der Waals surface area contributed by atoms with Gasteiger partial charge in [-0.2, -0.15) is 0 Å². The lowest BCUT2D eigenvalue weighted by atomic mass is 10.2. The number of para-hydroxylation sites is 1. The fourth-order valence-corrected chi connectivity index (χ4v) is 1.90. The van der Waals surface area contributed by atoms with E-state index in [1.807, 2.05) is 19.9 Å². The summed E-state index contributed by atoms with van der Waals surface area (Å²) < 4.78 is 0. The molecule has 0 atom stereocenters. The van der Waals surface area contributed by atoms with Gasteiger partial charge in [0.15, 0.2) is 0 Å². The Morgan fingerprint density at radius 2 is 1.95 bits per heavy atom. The largest absolute Gasteiger partial charge is 0.372 e. The first-order valence-electron chi connectivity index (χ1n) is 6.86. The number of hydrogen-bond acceptors (Lipinski definition) is 2. The molecule has 0 radical (unpaired) electrons. The van der Waals surface area contributed by atoms with Crippen LogP contribution in [0.15, 0.2) is 42.0 Å². The Hall–Kier alpha value is -1.77. The topological polar surface area (TPSA) is 32.3 Å². The fraction of sp³-hybridized carbons (Fsp3) is 0.438. The van der Waals surface area contributed by atoms with E-state index < -0.39 is 0 Å². The summed E-state index contributed by atoms with van der Waals surface area (Å²) >= 11 is 0. The van der Waals surface area contributed by atoms with Gasteiger partial charge in [0.1, 0.15) is 0 Å². The zero-order valence-electron chi connectivity index (χ0n) is 12.1. The molecule has 0 saturated carbocycles. The van der Waals surface area contributed by atoms with Gasteiger partial charge < -0.3 is 10.2 Å². The van der Waals surface area contributed by atoms with Gasteiger partial charge in [-0.1, -0.05) is 23.8 Å². The molecule has 0 aliphatic carbocycles. The minimum absolute atomic E-state index is 0.00256. The van der Waals surface area contributed by atoms with Crippen molar-refractivity contribution in [1.82, 2.24) is 5.32 Å². The van der Waals surface area contributed by atoms with Gasteiger partial charge in [0.05, 0.1) is 0 Å². The normalized spacial score (nSPS) is 9.84. The Morgan fingerprint density at radius 3 is 2.53 bits per heavy atom. The van der Waals surface area contributed by atoms with E-state index in [2.05, 4.69) is 41.4 Å². The molecule has 0 unspecified atom stereocenters. The van der Waals surface area contributed by atoms with Crippen LogP contribution in [0.5, 0.6) is 0 Å². The third-order valence-corrected chi connectivity index (χ3v) is 2.83. The molecule has 3 heteroatoms. The van der Waals surface area contributed by atoms with E-state index in [4.69, 9.17) is 0 Å². The van der Waals surface area contributed by atoms with Crippen LogP contribution >= 0.6 is 0 Å². The second-order valence-electron chi connectivity index (χ2n) is 4.78. The van der Waals surface area contributed by atoms with Crippen molar-refractivity contribution in [2.45, 2.75) is 27.2 Å². The summed E-state index contributed by atoms with van der Waals surface area (Å²) in [5.41, 5.74) is 2.26. The van der Waals surface area contributed by atoms with E-state index in [9.17, 15) is 4.79 Å². The number of anilines is 1. The van der Waals surface area contributed by atoms with Crippen molar-refractivity contribution in [3.63, 3.8) is 0 Å². The summed E-state index contributed by atoms with van der Waals surface area (Å²) in [6, 6.07) is 10.4. The van der Waals surface area contributed by atoms with Gasteiger partial charge >= 0.3 is 0 Å². The Balaban J connectivity index is 2.32. The molecule has 0 aromatic heterocycles. The van der Waals surface area contributed by atoms with Crippen molar-refractivity contribution < 1.29 is 4.79 Å². The zero-order valence-corrected chi connectivity index (χ0v) is 12.1. The highest BCUT2D eigenvalue weighted by atomic mass is 16.1. The molecule has 1 aromatic rings. The maximum Gasteiger partial charge on any atom is 0.243 e. The fourth-order valence-electron chi connectivity index (χ4n) is 1.90. The lowest BCUT2D eigenvalue weighted by Crippen LogP contribution is -2.29. The molecular formula is C16H24N2O. The minimum atomic E-state index is 0.00256. The van der Waals surface area contributed by atoms with Crippen LogP contribution in [0.2, 0.25) is 0 Å². The number of benzene rings is 1. The van der Waals surface area contributed by atoms with Crippen LogP contribution in [-0.4, -0.2) is 25.5 Å². The van der Waals surface area contributed by atoms with E-state index >= 15 is 0 Å². The third-order valence-electron chi connectivity index (χ3n) is 2.83. The van der Waals surface area contributed by atoms with E-state index in [0.29, 0.717) is 6.54 Å². The highest BCUT2D eigenvalue weighted by Gasteiger charge is 2.03. The highest BCUT2D eigenvalue weighted by molar-refractivity contribution is 5.87. The Kier molecular flexibility index (Phi) is 6.72. The van der Waals surface area contributed by atoms with Crippen LogP contribution < -0.4 is 10.2 Å². The number of nitrogens with zero attached hydrogens (tertiary/aromatic N) is 1. The lowest BCUT2D eigenvalue weighted by Gasteiger charge is -2.23. The molecule has 0 fully saturated rings. The zero-order chi connectivity index (χ0) is 14.1. The molecule has 3 nitrogen and oxygen atoms in total. The predicted molar refractivity (Wildman–Crippen MR) is 81.4 cm³/mol. The van der Waals surface area contributed by atoms with Crippen molar-refractivity contribution >= 4 is 11.6 Å². The molecule has 0 aliphatic rings. The first-order valence-corrected chi connectivity index (χ1v) is 6.86. The van der Waals surface area contributed by atoms with Gasteiger partial charge in [-0.25, -0.2) is 0 Å². The van der Waals surface area contributed by atoms with Crippen molar-refractivity contribution in [3.05, 3.63) is 42.0 Å². The molecule has 19 heavy (non-hydrogen) atoms. The van der Waals surface area contributed by atoms with Crippen LogP contribution in [0.3, 0.4) is 0 Å². The molecular weight excluding hydrogens is 236 g/mol. The number of amides is 1. The van der Waals surface area contributed by atoms with Gasteiger partial charge in [0, 0.05) is 31.4 Å². The van der Waals surface area contributed by atoms with E-state index in [1.165, 1.54) is 5.69 Å². The molecule has 104 valence electrons. The monoisotopic (exact) mass is 260 g/mol.